The van der Waals surface area contributed by atoms with E-state index in [9.17, 15) is 13.2 Å². The van der Waals surface area contributed by atoms with Gasteiger partial charge in [-0.3, -0.25) is 4.79 Å². The van der Waals surface area contributed by atoms with Crippen molar-refractivity contribution in [1.29, 1.82) is 0 Å². The summed E-state index contributed by atoms with van der Waals surface area (Å²) in [4.78, 5) is 16.3. The van der Waals surface area contributed by atoms with Crippen molar-refractivity contribution >= 4 is 21.7 Å². The maximum Gasteiger partial charge on any atom is 0.251 e. The highest BCUT2D eigenvalue weighted by molar-refractivity contribution is 7.89. The molecular weight excluding hydrogens is 292 g/mol. The van der Waals surface area contributed by atoms with E-state index in [4.69, 9.17) is 0 Å². The van der Waals surface area contributed by atoms with Crippen molar-refractivity contribution in [3.05, 3.63) is 23.4 Å². The van der Waals surface area contributed by atoms with Crippen LogP contribution < -0.4 is 15.4 Å². The highest BCUT2D eigenvalue weighted by Gasteiger charge is 2.11. The summed E-state index contributed by atoms with van der Waals surface area (Å²) in [6.45, 7) is 6.55. The molecule has 0 saturated carbocycles. The normalized spacial score (nSPS) is 11.2. The predicted molar refractivity (Wildman–Crippen MR) is 82.9 cm³/mol. The molecule has 0 bridgehead atoms. The quantitative estimate of drug-likeness (QED) is 0.648. The second-order valence-corrected chi connectivity index (χ2v) is 6.41. The third kappa shape index (κ3) is 6.09. The molecule has 0 radical (unpaired) electrons. The Hall–Kier alpha value is -1.67. The Morgan fingerprint density at radius 2 is 1.95 bits per heavy atom. The first-order valence-electron chi connectivity index (χ1n) is 6.86. The topological polar surface area (TPSA) is 100 Å². The van der Waals surface area contributed by atoms with Crippen LogP contribution in [0, 0.1) is 6.92 Å². The van der Waals surface area contributed by atoms with E-state index in [1.807, 2.05) is 6.92 Å². The lowest BCUT2D eigenvalue weighted by Crippen LogP contribution is -2.34. The number of sulfonamides is 1. The SMILES string of the molecule is CCNc1cc(C(=O)NCCS(=O)(=O)NCC)cc(C)n1. The summed E-state index contributed by atoms with van der Waals surface area (Å²) < 4.78 is 25.3. The molecule has 21 heavy (non-hydrogen) atoms. The Bertz CT molecular complexity index is 587. The number of rotatable bonds is 8. The number of hydrogen-bond donors (Lipinski definition) is 3. The molecule has 3 N–H and O–H groups in total. The fraction of sp³-hybridized carbons (Fsp3) is 0.538. The third-order valence-corrected chi connectivity index (χ3v) is 4.06. The molecule has 1 rings (SSSR count). The van der Waals surface area contributed by atoms with Gasteiger partial charge in [-0.15, -0.1) is 0 Å². The van der Waals surface area contributed by atoms with Gasteiger partial charge in [0.05, 0.1) is 5.75 Å². The van der Waals surface area contributed by atoms with E-state index in [1.54, 1.807) is 26.0 Å². The van der Waals surface area contributed by atoms with Gasteiger partial charge in [0, 0.05) is 30.9 Å². The Labute approximate surface area is 125 Å². The third-order valence-electron chi connectivity index (χ3n) is 2.59. The Kier molecular flexibility index (Phi) is 6.57. The summed E-state index contributed by atoms with van der Waals surface area (Å²) in [6.07, 6.45) is 0. The minimum atomic E-state index is -3.32. The van der Waals surface area contributed by atoms with Crippen molar-refractivity contribution in [1.82, 2.24) is 15.0 Å². The van der Waals surface area contributed by atoms with Crippen LogP contribution in [0.5, 0.6) is 0 Å². The van der Waals surface area contributed by atoms with Crippen molar-refractivity contribution in [2.45, 2.75) is 20.8 Å². The number of hydrogen-bond acceptors (Lipinski definition) is 5. The highest BCUT2D eigenvalue weighted by atomic mass is 32.2. The summed E-state index contributed by atoms with van der Waals surface area (Å²) >= 11 is 0. The van der Waals surface area contributed by atoms with E-state index < -0.39 is 10.0 Å². The van der Waals surface area contributed by atoms with Crippen molar-refractivity contribution in [3.63, 3.8) is 0 Å². The van der Waals surface area contributed by atoms with Gasteiger partial charge in [-0.2, -0.15) is 0 Å². The maximum atomic E-state index is 12.0. The van der Waals surface area contributed by atoms with Gasteiger partial charge in [-0.05, 0) is 26.0 Å². The molecule has 0 aliphatic rings. The Morgan fingerprint density at radius 1 is 1.24 bits per heavy atom. The van der Waals surface area contributed by atoms with Gasteiger partial charge < -0.3 is 10.6 Å². The highest BCUT2D eigenvalue weighted by Crippen LogP contribution is 2.09. The minimum Gasteiger partial charge on any atom is -0.370 e. The number of carbonyl (C=O) groups is 1. The van der Waals surface area contributed by atoms with E-state index >= 15 is 0 Å². The summed E-state index contributed by atoms with van der Waals surface area (Å²) in [5.74, 6) is 0.172. The molecule has 7 nitrogen and oxygen atoms in total. The number of nitrogens with zero attached hydrogens (tertiary/aromatic N) is 1. The monoisotopic (exact) mass is 314 g/mol. The van der Waals surface area contributed by atoms with Crippen LogP contribution in [-0.2, 0) is 10.0 Å². The molecule has 0 spiro atoms. The first-order valence-corrected chi connectivity index (χ1v) is 8.51. The van der Waals surface area contributed by atoms with Crippen LogP contribution >= 0.6 is 0 Å². The second-order valence-electron chi connectivity index (χ2n) is 4.49. The summed E-state index contributed by atoms with van der Waals surface area (Å²) in [5.41, 5.74) is 1.18. The summed E-state index contributed by atoms with van der Waals surface area (Å²) in [6, 6.07) is 3.31. The van der Waals surface area contributed by atoms with E-state index in [0.717, 1.165) is 5.69 Å². The molecule has 0 aliphatic carbocycles. The molecule has 8 heteroatoms. The van der Waals surface area contributed by atoms with Gasteiger partial charge in [0.15, 0.2) is 0 Å². The zero-order valence-electron chi connectivity index (χ0n) is 12.6. The number of aromatic nitrogens is 1. The average Bonchev–Trinajstić information content (AvgIpc) is 2.38. The molecule has 0 atom stereocenters. The smallest absolute Gasteiger partial charge is 0.251 e. The van der Waals surface area contributed by atoms with Gasteiger partial charge >= 0.3 is 0 Å². The van der Waals surface area contributed by atoms with Gasteiger partial charge in [0.2, 0.25) is 10.0 Å². The van der Waals surface area contributed by atoms with Crippen molar-refractivity contribution in [2.24, 2.45) is 0 Å². The molecule has 118 valence electrons. The molecule has 0 fully saturated rings. The number of pyridine rings is 1. The van der Waals surface area contributed by atoms with Crippen molar-refractivity contribution in [2.75, 3.05) is 30.7 Å². The molecule has 0 saturated heterocycles. The summed E-state index contributed by atoms with van der Waals surface area (Å²) in [5, 5.41) is 5.64. The fourth-order valence-corrected chi connectivity index (χ4v) is 2.72. The zero-order chi connectivity index (χ0) is 15.9. The maximum absolute atomic E-state index is 12.0. The average molecular weight is 314 g/mol. The number of carbonyl (C=O) groups excluding carboxylic acids is 1. The predicted octanol–water partition coefficient (Wildman–Crippen LogP) is 0.491. The molecule has 0 aliphatic heterocycles. The molecule has 1 amide bonds. The molecule has 0 aromatic carbocycles. The van der Waals surface area contributed by atoms with Crippen molar-refractivity contribution in [3.8, 4) is 0 Å². The largest absolute Gasteiger partial charge is 0.370 e. The van der Waals surface area contributed by atoms with E-state index in [0.29, 0.717) is 24.5 Å². The standard InChI is InChI=1S/C13H22N4O3S/c1-4-14-12-9-11(8-10(3)17-12)13(18)15-6-7-21(19,20)16-5-2/h8-9,16H,4-7H2,1-3H3,(H,14,17)(H,15,18). The first kappa shape index (κ1) is 17.4. The molecule has 1 heterocycles. The lowest BCUT2D eigenvalue weighted by Gasteiger charge is -2.09. The van der Waals surface area contributed by atoms with Crippen LogP contribution in [0.1, 0.15) is 29.9 Å². The lowest BCUT2D eigenvalue weighted by atomic mass is 10.2. The first-order chi connectivity index (χ1) is 9.88. The van der Waals surface area contributed by atoms with Crippen LogP contribution in [0.4, 0.5) is 5.82 Å². The van der Waals surface area contributed by atoms with E-state index in [1.165, 1.54) is 0 Å². The van der Waals surface area contributed by atoms with Gasteiger partial charge in [-0.1, -0.05) is 6.92 Å². The zero-order valence-corrected chi connectivity index (χ0v) is 13.4. The van der Waals surface area contributed by atoms with Crippen molar-refractivity contribution < 1.29 is 13.2 Å². The number of aryl methyl sites for hydroxylation is 1. The van der Waals surface area contributed by atoms with E-state index in [2.05, 4.69) is 20.3 Å². The second kappa shape index (κ2) is 7.94. The van der Waals surface area contributed by atoms with Crippen LogP contribution in [0.2, 0.25) is 0 Å². The van der Waals surface area contributed by atoms with Gasteiger partial charge in [0.25, 0.3) is 5.91 Å². The van der Waals surface area contributed by atoms with Crippen LogP contribution in [-0.4, -0.2) is 44.7 Å². The summed E-state index contributed by atoms with van der Waals surface area (Å²) in [7, 11) is -3.32. The molecular formula is C13H22N4O3S. The van der Waals surface area contributed by atoms with Crippen LogP contribution in [0.3, 0.4) is 0 Å². The number of nitrogens with one attached hydrogen (secondary N) is 3. The van der Waals surface area contributed by atoms with E-state index in [-0.39, 0.29) is 18.2 Å². The fourth-order valence-electron chi connectivity index (χ4n) is 1.76. The molecule has 1 aromatic rings. The Balaban J connectivity index is 2.64. The molecule has 1 aromatic heterocycles. The van der Waals surface area contributed by atoms with Crippen LogP contribution in [0.15, 0.2) is 12.1 Å². The van der Waals surface area contributed by atoms with Gasteiger partial charge in [-0.25, -0.2) is 18.1 Å². The van der Waals surface area contributed by atoms with Gasteiger partial charge in [0.1, 0.15) is 5.82 Å². The number of amides is 1. The van der Waals surface area contributed by atoms with Crippen LogP contribution in [0.25, 0.3) is 0 Å². The number of anilines is 1. The minimum absolute atomic E-state index is 0.0616. The lowest BCUT2D eigenvalue weighted by molar-refractivity contribution is 0.0956. The Morgan fingerprint density at radius 3 is 2.57 bits per heavy atom. The molecule has 0 unspecified atom stereocenters.